The number of aromatic nitrogens is 1. The summed E-state index contributed by atoms with van der Waals surface area (Å²) >= 11 is 0. The maximum Gasteiger partial charge on any atom is 0.311 e. The van der Waals surface area contributed by atoms with Gasteiger partial charge in [0.25, 0.3) is 0 Å². The highest BCUT2D eigenvalue weighted by molar-refractivity contribution is 5.61. The molecule has 0 amide bonds. The van der Waals surface area contributed by atoms with Crippen LogP contribution in [0, 0.1) is 16.0 Å². The molecule has 0 saturated heterocycles. The molecule has 0 spiro atoms. The molecule has 2 rings (SSSR count). The van der Waals surface area contributed by atoms with Gasteiger partial charge in [0, 0.05) is 19.2 Å². The first-order valence-electron chi connectivity index (χ1n) is 7.16. The Bertz CT molecular complexity index is 484. The van der Waals surface area contributed by atoms with Gasteiger partial charge in [-0.15, -0.1) is 0 Å². The molecule has 20 heavy (non-hydrogen) atoms. The van der Waals surface area contributed by atoms with Crippen molar-refractivity contribution in [2.24, 2.45) is 5.92 Å². The summed E-state index contributed by atoms with van der Waals surface area (Å²) in [6.45, 7) is 2.22. The highest BCUT2D eigenvalue weighted by Gasteiger charge is 2.28. The van der Waals surface area contributed by atoms with Crippen molar-refractivity contribution in [3.8, 4) is 0 Å². The van der Waals surface area contributed by atoms with Crippen molar-refractivity contribution in [1.82, 2.24) is 4.98 Å². The zero-order valence-corrected chi connectivity index (χ0v) is 12.1. The Balaban J connectivity index is 2.18. The Hall–Kier alpha value is -1.85. The molecule has 2 N–H and O–H groups in total. The topological polar surface area (TPSA) is 85.3 Å². The van der Waals surface area contributed by atoms with Crippen molar-refractivity contribution >= 4 is 17.3 Å². The van der Waals surface area contributed by atoms with E-state index >= 15 is 0 Å². The number of nitrogen functional groups attached to an aromatic ring is 1. The predicted molar refractivity (Wildman–Crippen MR) is 79.7 cm³/mol. The molecule has 0 aliphatic heterocycles. The van der Waals surface area contributed by atoms with Gasteiger partial charge in [-0.2, -0.15) is 0 Å². The summed E-state index contributed by atoms with van der Waals surface area (Å²) in [4.78, 5) is 16.8. The molecule has 6 heteroatoms. The predicted octanol–water partition coefficient (Wildman–Crippen LogP) is 2.98. The number of pyridine rings is 1. The number of hydrogen-bond donors (Lipinski definition) is 1. The van der Waals surface area contributed by atoms with E-state index < -0.39 is 4.92 Å². The highest BCUT2D eigenvalue weighted by atomic mass is 16.6. The molecule has 6 nitrogen and oxygen atoms in total. The molecule has 1 aliphatic carbocycles. The van der Waals surface area contributed by atoms with E-state index in [2.05, 4.69) is 11.9 Å². The van der Waals surface area contributed by atoms with Crippen LogP contribution in [0.5, 0.6) is 0 Å². The van der Waals surface area contributed by atoms with Gasteiger partial charge < -0.3 is 10.6 Å². The van der Waals surface area contributed by atoms with Gasteiger partial charge in [0.15, 0.2) is 0 Å². The van der Waals surface area contributed by atoms with Crippen molar-refractivity contribution in [3.05, 3.63) is 22.2 Å². The normalized spacial score (nSPS) is 22.5. The molecule has 1 aromatic rings. The van der Waals surface area contributed by atoms with Gasteiger partial charge >= 0.3 is 5.69 Å². The van der Waals surface area contributed by atoms with E-state index in [0.717, 1.165) is 18.8 Å². The van der Waals surface area contributed by atoms with E-state index in [9.17, 15) is 10.1 Å². The van der Waals surface area contributed by atoms with E-state index in [4.69, 9.17) is 5.73 Å². The lowest BCUT2D eigenvalue weighted by atomic mass is 9.84. The molecule has 0 aromatic carbocycles. The lowest BCUT2D eigenvalue weighted by molar-refractivity contribution is -0.384. The summed E-state index contributed by atoms with van der Waals surface area (Å²) in [5.41, 5.74) is 5.71. The molecule has 0 atom stereocenters. The van der Waals surface area contributed by atoms with Gasteiger partial charge in [0.05, 0.1) is 4.92 Å². The molecule has 1 aromatic heterocycles. The Kier molecular flexibility index (Phi) is 4.42. The minimum absolute atomic E-state index is 0.0271. The van der Waals surface area contributed by atoms with Crippen LogP contribution >= 0.6 is 0 Å². The second-order valence-corrected chi connectivity index (χ2v) is 5.53. The van der Waals surface area contributed by atoms with E-state index in [-0.39, 0.29) is 5.69 Å². The fourth-order valence-electron chi connectivity index (χ4n) is 2.97. The monoisotopic (exact) mass is 278 g/mol. The minimum Gasteiger partial charge on any atom is -0.384 e. The summed E-state index contributed by atoms with van der Waals surface area (Å²) in [7, 11) is 1.88. The van der Waals surface area contributed by atoms with E-state index in [1.54, 1.807) is 0 Å². The summed E-state index contributed by atoms with van der Waals surface area (Å²) < 4.78 is 0. The first kappa shape index (κ1) is 14.6. The standard InChI is InChI=1S/C14H22N4O2/c1-3-10-4-6-11(7-5-10)17(2)14-12(18(19)20)8-9-13(15)16-14/h8-11H,3-7H2,1-2H3,(H2,15,16). The lowest BCUT2D eigenvalue weighted by Crippen LogP contribution is -2.36. The van der Waals surface area contributed by atoms with Gasteiger partial charge in [-0.25, -0.2) is 4.98 Å². The number of rotatable bonds is 4. The maximum atomic E-state index is 11.1. The summed E-state index contributed by atoms with van der Waals surface area (Å²) in [5, 5.41) is 11.1. The van der Waals surface area contributed by atoms with Crippen LogP contribution in [0.15, 0.2) is 12.1 Å². The second kappa shape index (κ2) is 6.07. The van der Waals surface area contributed by atoms with Crippen LogP contribution < -0.4 is 10.6 Å². The molecule has 110 valence electrons. The Morgan fingerprint density at radius 2 is 2.05 bits per heavy atom. The first-order chi connectivity index (χ1) is 9.52. The molecule has 1 aliphatic rings. The zero-order chi connectivity index (χ0) is 14.7. The van der Waals surface area contributed by atoms with Crippen molar-refractivity contribution in [2.75, 3.05) is 17.7 Å². The number of nitro groups is 1. The molecule has 1 saturated carbocycles. The third-order valence-corrected chi connectivity index (χ3v) is 4.35. The molecule has 1 fully saturated rings. The molecular formula is C14H22N4O2. The number of nitrogens with two attached hydrogens (primary N) is 1. The van der Waals surface area contributed by atoms with Crippen molar-refractivity contribution in [3.63, 3.8) is 0 Å². The maximum absolute atomic E-state index is 11.1. The fourth-order valence-corrected chi connectivity index (χ4v) is 2.97. The smallest absolute Gasteiger partial charge is 0.311 e. The Morgan fingerprint density at radius 3 is 2.60 bits per heavy atom. The van der Waals surface area contributed by atoms with Crippen molar-refractivity contribution in [2.45, 2.75) is 45.1 Å². The molecule has 0 unspecified atom stereocenters. The Morgan fingerprint density at radius 1 is 1.40 bits per heavy atom. The molecule has 1 heterocycles. The Labute approximate surface area is 119 Å². The van der Waals surface area contributed by atoms with Gasteiger partial charge in [-0.3, -0.25) is 10.1 Å². The quantitative estimate of drug-likeness (QED) is 0.676. The van der Waals surface area contributed by atoms with Gasteiger partial charge in [0.1, 0.15) is 5.82 Å². The van der Waals surface area contributed by atoms with E-state index in [0.29, 0.717) is 17.7 Å². The van der Waals surface area contributed by atoms with Crippen LogP contribution in [0.1, 0.15) is 39.0 Å². The highest BCUT2D eigenvalue weighted by Crippen LogP contribution is 2.34. The van der Waals surface area contributed by atoms with Gasteiger partial charge in [-0.1, -0.05) is 13.3 Å². The van der Waals surface area contributed by atoms with Crippen LogP contribution in [0.3, 0.4) is 0 Å². The van der Waals surface area contributed by atoms with Crippen molar-refractivity contribution in [1.29, 1.82) is 0 Å². The zero-order valence-electron chi connectivity index (χ0n) is 12.1. The summed E-state index contributed by atoms with van der Waals surface area (Å²) in [5.74, 6) is 1.50. The average Bonchev–Trinajstić information content (AvgIpc) is 2.46. The summed E-state index contributed by atoms with van der Waals surface area (Å²) in [6, 6.07) is 3.22. The lowest BCUT2D eigenvalue weighted by Gasteiger charge is -2.34. The minimum atomic E-state index is -0.393. The van der Waals surface area contributed by atoms with Crippen LogP contribution in [0.25, 0.3) is 0 Å². The van der Waals surface area contributed by atoms with E-state index in [1.807, 2.05) is 11.9 Å². The van der Waals surface area contributed by atoms with Crippen molar-refractivity contribution < 1.29 is 4.92 Å². The second-order valence-electron chi connectivity index (χ2n) is 5.53. The van der Waals surface area contributed by atoms with Gasteiger partial charge in [0.2, 0.25) is 5.82 Å². The summed E-state index contributed by atoms with van der Waals surface area (Å²) in [6.07, 6.45) is 5.70. The number of anilines is 2. The average molecular weight is 278 g/mol. The van der Waals surface area contributed by atoms with E-state index in [1.165, 1.54) is 31.4 Å². The number of nitrogens with zero attached hydrogens (tertiary/aromatic N) is 3. The third-order valence-electron chi connectivity index (χ3n) is 4.35. The third kappa shape index (κ3) is 3.00. The van der Waals surface area contributed by atoms with Crippen LogP contribution in [0.4, 0.5) is 17.3 Å². The van der Waals surface area contributed by atoms with Crippen LogP contribution in [0.2, 0.25) is 0 Å². The SMILES string of the molecule is CCC1CCC(N(C)c2nc(N)ccc2[N+](=O)[O-])CC1. The molecular weight excluding hydrogens is 256 g/mol. The van der Waals surface area contributed by atoms with Gasteiger partial charge in [-0.05, 0) is 37.7 Å². The van der Waals surface area contributed by atoms with Crippen LogP contribution in [-0.4, -0.2) is 23.0 Å². The number of hydrogen-bond acceptors (Lipinski definition) is 5. The van der Waals surface area contributed by atoms with Crippen LogP contribution in [-0.2, 0) is 0 Å². The first-order valence-corrected chi connectivity index (χ1v) is 7.16. The largest absolute Gasteiger partial charge is 0.384 e. The molecule has 0 radical (unpaired) electrons. The molecule has 0 bridgehead atoms. The fraction of sp³-hybridized carbons (Fsp3) is 0.643.